The topological polar surface area (TPSA) is 94.2 Å². The van der Waals surface area contributed by atoms with Gasteiger partial charge in [-0.15, -0.1) is 0 Å². The summed E-state index contributed by atoms with van der Waals surface area (Å²) in [6, 6.07) is 0. The Morgan fingerprint density at radius 3 is 1.57 bits per heavy atom. The van der Waals surface area contributed by atoms with E-state index in [1.54, 1.807) is 0 Å². The molecule has 1 fully saturated rings. The molecule has 0 unspecified atom stereocenters. The molecular weight excluding hydrogens is 665 g/mol. The van der Waals surface area contributed by atoms with E-state index in [0.29, 0.717) is 51.0 Å². The lowest BCUT2D eigenvalue weighted by atomic mass is 9.75. The molecule has 0 heterocycles. The van der Waals surface area contributed by atoms with E-state index in [0.717, 1.165) is 115 Å². The highest BCUT2D eigenvalue weighted by atomic mass is 16.5. The van der Waals surface area contributed by atoms with E-state index in [9.17, 15) is 14.4 Å². The van der Waals surface area contributed by atoms with Gasteiger partial charge in [0, 0.05) is 25.9 Å². The summed E-state index contributed by atoms with van der Waals surface area (Å²) in [5, 5.41) is 3.07. The molecule has 308 valence electrons. The fourth-order valence-corrected chi connectivity index (χ4v) is 7.14. The van der Waals surface area contributed by atoms with Crippen molar-refractivity contribution in [3.8, 4) is 0 Å². The molecular formula is C45H82N2O6. The molecule has 8 heteroatoms. The maximum absolute atomic E-state index is 12.5. The van der Waals surface area contributed by atoms with Crippen LogP contribution in [0.3, 0.4) is 0 Å². The van der Waals surface area contributed by atoms with Gasteiger partial charge in [-0.3, -0.25) is 9.59 Å². The number of carbonyl (C=O) groups excluding carboxylic acids is 3. The van der Waals surface area contributed by atoms with Crippen molar-refractivity contribution in [2.45, 2.75) is 181 Å². The van der Waals surface area contributed by atoms with E-state index in [2.05, 4.69) is 50.3 Å². The Kier molecular flexibility index (Phi) is 32.5. The van der Waals surface area contributed by atoms with Gasteiger partial charge in [0.25, 0.3) is 0 Å². The first-order valence-corrected chi connectivity index (χ1v) is 22.0. The van der Waals surface area contributed by atoms with Crippen molar-refractivity contribution in [2.24, 2.45) is 17.8 Å². The third-order valence-corrected chi connectivity index (χ3v) is 10.4. The van der Waals surface area contributed by atoms with Crippen molar-refractivity contribution in [1.29, 1.82) is 0 Å². The molecule has 0 aromatic rings. The molecule has 0 bridgehead atoms. The fourth-order valence-electron chi connectivity index (χ4n) is 7.14. The molecule has 1 amide bonds. The minimum absolute atomic E-state index is 0.0968. The van der Waals surface area contributed by atoms with E-state index < -0.39 is 0 Å². The lowest BCUT2D eigenvalue weighted by Gasteiger charge is -2.36. The van der Waals surface area contributed by atoms with Crippen LogP contribution in [0.4, 0.5) is 4.79 Å². The standard InChI is InChI=1S/C45H82N2O6/c1-5-7-9-11-13-21-27-33-51-43(48)31-25-19-15-17-23-29-40(37-46-45(50)53-39-42-35-41(36-42)38-47(3)4)30-24-18-16-20-26-32-44(49)52-34-28-22-14-12-10-8-6-2/h21-22,27-28,40-42H,5-20,23-26,29-39H2,1-4H3,(H,46,50)/b27-21-,28-22-. The van der Waals surface area contributed by atoms with Gasteiger partial charge in [0.15, 0.2) is 0 Å². The zero-order chi connectivity index (χ0) is 38.6. The lowest BCUT2D eigenvalue weighted by molar-refractivity contribution is -0.143. The van der Waals surface area contributed by atoms with E-state index in [1.807, 2.05) is 12.2 Å². The fraction of sp³-hybridized carbons (Fsp3) is 0.844. The quantitative estimate of drug-likeness (QED) is 0.0295. The van der Waals surface area contributed by atoms with Crippen molar-refractivity contribution >= 4 is 18.0 Å². The number of amides is 1. The van der Waals surface area contributed by atoms with Gasteiger partial charge in [0.05, 0.1) is 6.61 Å². The van der Waals surface area contributed by atoms with Crippen molar-refractivity contribution in [2.75, 3.05) is 47.0 Å². The van der Waals surface area contributed by atoms with Crippen LogP contribution in [0.2, 0.25) is 0 Å². The molecule has 0 radical (unpaired) electrons. The predicted octanol–water partition coefficient (Wildman–Crippen LogP) is 11.5. The monoisotopic (exact) mass is 747 g/mol. The van der Waals surface area contributed by atoms with Crippen molar-refractivity contribution < 1.29 is 28.6 Å². The third kappa shape index (κ3) is 31.7. The van der Waals surface area contributed by atoms with Crippen LogP contribution in [0.5, 0.6) is 0 Å². The first-order valence-electron chi connectivity index (χ1n) is 22.0. The summed E-state index contributed by atoms with van der Waals surface area (Å²) < 4.78 is 16.3. The Bertz CT molecular complexity index is 893. The minimum atomic E-state index is -0.283. The second-order valence-corrected chi connectivity index (χ2v) is 15.9. The molecule has 1 saturated carbocycles. The number of nitrogens with one attached hydrogen (secondary N) is 1. The molecule has 1 aliphatic carbocycles. The summed E-state index contributed by atoms with van der Waals surface area (Å²) in [5.41, 5.74) is 0. The highest BCUT2D eigenvalue weighted by Gasteiger charge is 2.30. The maximum atomic E-state index is 12.5. The van der Waals surface area contributed by atoms with Crippen molar-refractivity contribution in [1.82, 2.24) is 10.2 Å². The smallest absolute Gasteiger partial charge is 0.407 e. The van der Waals surface area contributed by atoms with Gasteiger partial charge < -0.3 is 24.4 Å². The zero-order valence-corrected chi connectivity index (χ0v) is 34.9. The van der Waals surface area contributed by atoms with Gasteiger partial charge in [0.2, 0.25) is 0 Å². The Hall–Kier alpha value is -2.35. The van der Waals surface area contributed by atoms with E-state index >= 15 is 0 Å². The number of carbonyl (C=O) groups is 3. The normalized spacial score (nSPS) is 15.7. The molecule has 0 atom stereocenters. The largest absolute Gasteiger partial charge is 0.461 e. The Balaban J connectivity index is 2.24. The van der Waals surface area contributed by atoms with Gasteiger partial charge in [-0.05, 0) is 96.1 Å². The van der Waals surface area contributed by atoms with E-state index in [1.165, 1.54) is 51.4 Å². The first-order chi connectivity index (χ1) is 25.8. The summed E-state index contributed by atoms with van der Waals surface area (Å²) in [5.74, 6) is 1.46. The molecule has 1 rings (SSSR count). The number of unbranched alkanes of at least 4 members (excludes halogenated alkanes) is 16. The van der Waals surface area contributed by atoms with E-state index in [-0.39, 0.29) is 18.0 Å². The SMILES string of the molecule is CCCCCC/C=C\COC(=O)CCCCCCCC(CCCCCCCC(=O)OC/C=C\CCCCCC)CNC(=O)OCC1CC(CN(C)C)C1. The number of hydrogen-bond donors (Lipinski definition) is 1. The van der Waals surface area contributed by atoms with Crippen LogP contribution in [0.25, 0.3) is 0 Å². The van der Waals surface area contributed by atoms with Crippen LogP contribution < -0.4 is 5.32 Å². The predicted molar refractivity (Wildman–Crippen MR) is 220 cm³/mol. The Morgan fingerprint density at radius 2 is 1.08 bits per heavy atom. The average Bonchev–Trinajstić information content (AvgIpc) is 3.12. The van der Waals surface area contributed by atoms with Gasteiger partial charge in [-0.25, -0.2) is 4.79 Å². The molecule has 0 aromatic carbocycles. The summed E-state index contributed by atoms with van der Waals surface area (Å²) >= 11 is 0. The molecule has 0 saturated heterocycles. The third-order valence-electron chi connectivity index (χ3n) is 10.4. The average molecular weight is 747 g/mol. The van der Waals surface area contributed by atoms with Gasteiger partial charge in [0.1, 0.15) is 13.2 Å². The minimum Gasteiger partial charge on any atom is -0.461 e. The molecule has 8 nitrogen and oxygen atoms in total. The number of esters is 2. The van der Waals surface area contributed by atoms with Crippen molar-refractivity contribution in [3.05, 3.63) is 24.3 Å². The highest BCUT2D eigenvalue weighted by molar-refractivity contribution is 5.69. The second kappa shape index (κ2) is 35.4. The number of nitrogens with zero attached hydrogens (tertiary/aromatic N) is 1. The maximum Gasteiger partial charge on any atom is 0.407 e. The van der Waals surface area contributed by atoms with Crippen LogP contribution in [0.1, 0.15) is 181 Å². The summed E-state index contributed by atoms with van der Waals surface area (Å²) in [6.45, 7) is 7.50. The molecule has 1 N–H and O–H groups in total. The summed E-state index contributed by atoms with van der Waals surface area (Å²) in [4.78, 5) is 38.9. The van der Waals surface area contributed by atoms with Gasteiger partial charge >= 0.3 is 18.0 Å². The highest BCUT2D eigenvalue weighted by Crippen LogP contribution is 2.34. The Morgan fingerprint density at radius 1 is 0.604 bits per heavy atom. The van der Waals surface area contributed by atoms with Gasteiger partial charge in [-0.1, -0.05) is 128 Å². The Labute approximate surface area is 326 Å². The van der Waals surface area contributed by atoms with Crippen LogP contribution in [-0.4, -0.2) is 69.9 Å². The van der Waals surface area contributed by atoms with Crippen LogP contribution in [0, 0.1) is 17.8 Å². The summed E-state index contributed by atoms with van der Waals surface area (Å²) in [7, 11) is 4.22. The molecule has 0 aliphatic heterocycles. The van der Waals surface area contributed by atoms with Crippen LogP contribution in [0.15, 0.2) is 24.3 Å². The number of ether oxygens (including phenoxy) is 3. The molecule has 53 heavy (non-hydrogen) atoms. The zero-order valence-electron chi connectivity index (χ0n) is 34.9. The van der Waals surface area contributed by atoms with Gasteiger partial charge in [-0.2, -0.15) is 0 Å². The number of alkyl carbamates (subject to hydrolysis) is 1. The number of allylic oxidation sites excluding steroid dienone is 2. The summed E-state index contributed by atoms with van der Waals surface area (Å²) in [6.07, 6.45) is 36.1. The number of rotatable bonds is 36. The van der Waals surface area contributed by atoms with Crippen LogP contribution >= 0.6 is 0 Å². The molecule has 1 aliphatic rings. The first kappa shape index (κ1) is 48.7. The van der Waals surface area contributed by atoms with E-state index in [4.69, 9.17) is 14.2 Å². The molecule has 0 aromatic heterocycles. The lowest BCUT2D eigenvalue weighted by Crippen LogP contribution is -2.37. The molecule has 0 spiro atoms. The van der Waals surface area contributed by atoms with Crippen molar-refractivity contribution in [3.63, 3.8) is 0 Å². The second-order valence-electron chi connectivity index (χ2n) is 15.9. The number of hydrogen-bond acceptors (Lipinski definition) is 7. The van der Waals surface area contributed by atoms with Crippen LogP contribution in [-0.2, 0) is 23.8 Å².